The molecule has 37 heavy (non-hydrogen) atoms. The second-order valence-electron chi connectivity index (χ2n) is 9.47. The molecule has 1 aliphatic heterocycles. The molecule has 1 aliphatic rings. The minimum Gasteiger partial charge on any atom is -0.478 e. The molecule has 2 N–H and O–H groups in total. The Morgan fingerprint density at radius 2 is 1.62 bits per heavy atom. The molecule has 0 saturated carbocycles. The number of carboxylic acids is 1. The molecule has 4 aromatic rings. The molecule has 3 atom stereocenters. The molecule has 0 aromatic heterocycles. The number of benzene rings is 4. The predicted octanol–water partition coefficient (Wildman–Crippen LogP) is 6.81. The minimum atomic E-state index is -1.35. The van der Waals surface area contributed by atoms with Crippen LogP contribution in [0.25, 0.3) is 10.8 Å². The van der Waals surface area contributed by atoms with E-state index in [4.69, 9.17) is 5.11 Å². The maximum Gasteiger partial charge on any atom is 0.335 e. The van der Waals surface area contributed by atoms with Crippen LogP contribution in [0.3, 0.4) is 0 Å². The van der Waals surface area contributed by atoms with Gasteiger partial charge in [-0.15, -0.1) is 12.4 Å². The summed E-state index contributed by atoms with van der Waals surface area (Å²) in [6.45, 7) is 3.70. The standard InChI is InChI=1S/C30H28F2N2O2.ClH/c1-19(24-13-7-11-20-10-5-6-12-25(20)24)33-16-23-17-34(18-26(23)21-8-3-2-4-9-21)29-27(31)14-22(30(35)36)15-28(29)32;/h2-15,19,23,26,33H,16-18H2,1H3,(H,35,36);1H/t19-,23+,26-;/m1./s1. The highest BCUT2D eigenvalue weighted by molar-refractivity contribution is 5.88. The van der Waals surface area contributed by atoms with Crippen molar-refractivity contribution in [3.8, 4) is 0 Å². The van der Waals surface area contributed by atoms with Crippen LogP contribution >= 0.6 is 12.4 Å². The van der Waals surface area contributed by atoms with E-state index in [1.54, 1.807) is 4.90 Å². The minimum absolute atomic E-state index is 0. The normalized spacial score (nSPS) is 18.0. The summed E-state index contributed by atoms with van der Waals surface area (Å²) in [5.74, 6) is -2.89. The lowest BCUT2D eigenvalue weighted by Crippen LogP contribution is -2.30. The first kappa shape index (κ1) is 26.6. The lowest BCUT2D eigenvalue weighted by molar-refractivity contribution is 0.0695. The Labute approximate surface area is 221 Å². The van der Waals surface area contributed by atoms with Gasteiger partial charge in [0.15, 0.2) is 0 Å². The highest BCUT2D eigenvalue weighted by atomic mass is 35.5. The molecule has 1 saturated heterocycles. The number of carbonyl (C=O) groups is 1. The van der Waals surface area contributed by atoms with E-state index in [0.717, 1.165) is 17.7 Å². The molecule has 5 rings (SSSR count). The van der Waals surface area contributed by atoms with Gasteiger partial charge in [-0.3, -0.25) is 0 Å². The summed E-state index contributed by atoms with van der Waals surface area (Å²) in [6.07, 6.45) is 0. The summed E-state index contributed by atoms with van der Waals surface area (Å²) in [6, 6.07) is 26.5. The molecule has 7 heteroatoms. The SMILES string of the molecule is C[C@@H](NC[C@H]1CN(c2c(F)cc(C(=O)O)cc2F)C[C@@H]1c1ccccc1)c1cccc2ccccc12.Cl. The first-order chi connectivity index (χ1) is 17.4. The highest BCUT2D eigenvalue weighted by Gasteiger charge is 2.36. The number of hydrogen-bond acceptors (Lipinski definition) is 3. The highest BCUT2D eigenvalue weighted by Crippen LogP contribution is 2.38. The number of halogens is 3. The van der Waals surface area contributed by atoms with Crippen LogP contribution in [0.4, 0.5) is 14.5 Å². The predicted molar refractivity (Wildman–Crippen MR) is 146 cm³/mol. The zero-order chi connectivity index (χ0) is 25.2. The Morgan fingerprint density at radius 3 is 2.32 bits per heavy atom. The van der Waals surface area contributed by atoms with Gasteiger partial charge in [0.05, 0.1) is 5.56 Å². The van der Waals surface area contributed by atoms with Crippen LogP contribution in [0, 0.1) is 17.6 Å². The number of nitrogens with zero attached hydrogens (tertiary/aromatic N) is 1. The topological polar surface area (TPSA) is 52.6 Å². The van der Waals surface area contributed by atoms with Gasteiger partial charge in [-0.25, -0.2) is 13.6 Å². The number of anilines is 1. The number of rotatable bonds is 7. The quantitative estimate of drug-likeness (QED) is 0.280. The van der Waals surface area contributed by atoms with Crippen molar-refractivity contribution < 1.29 is 18.7 Å². The zero-order valence-corrected chi connectivity index (χ0v) is 21.2. The maximum atomic E-state index is 14.9. The number of nitrogens with one attached hydrogen (secondary N) is 1. The van der Waals surface area contributed by atoms with E-state index in [1.165, 1.54) is 16.3 Å². The Bertz CT molecular complexity index is 1370. The Morgan fingerprint density at radius 1 is 0.973 bits per heavy atom. The van der Waals surface area contributed by atoms with Gasteiger partial charge in [0.25, 0.3) is 0 Å². The van der Waals surface area contributed by atoms with Crippen LogP contribution in [0.15, 0.2) is 84.9 Å². The zero-order valence-electron chi connectivity index (χ0n) is 20.4. The van der Waals surface area contributed by atoms with Gasteiger partial charge in [-0.1, -0.05) is 72.8 Å². The fourth-order valence-corrected chi connectivity index (χ4v) is 5.40. The van der Waals surface area contributed by atoms with Crippen molar-refractivity contribution in [1.82, 2.24) is 5.32 Å². The second kappa shape index (κ2) is 11.3. The van der Waals surface area contributed by atoms with E-state index in [1.807, 2.05) is 30.3 Å². The Balaban J connectivity index is 0.00000320. The molecule has 4 aromatic carbocycles. The van der Waals surface area contributed by atoms with Crippen molar-refractivity contribution in [2.45, 2.75) is 18.9 Å². The van der Waals surface area contributed by atoms with Crippen molar-refractivity contribution in [3.63, 3.8) is 0 Å². The van der Waals surface area contributed by atoms with Gasteiger partial charge >= 0.3 is 5.97 Å². The van der Waals surface area contributed by atoms with Crippen molar-refractivity contribution in [3.05, 3.63) is 113 Å². The monoisotopic (exact) mass is 522 g/mol. The number of hydrogen-bond donors (Lipinski definition) is 2. The van der Waals surface area contributed by atoms with Crippen molar-refractivity contribution in [2.75, 3.05) is 24.5 Å². The average molecular weight is 523 g/mol. The molecule has 0 unspecified atom stereocenters. The summed E-state index contributed by atoms with van der Waals surface area (Å²) >= 11 is 0. The van der Waals surface area contributed by atoms with E-state index in [2.05, 4.69) is 54.7 Å². The first-order valence-corrected chi connectivity index (χ1v) is 12.2. The van der Waals surface area contributed by atoms with Crippen molar-refractivity contribution in [1.29, 1.82) is 0 Å². The summed E-state index contributed by atoms with van der Waals surface area (Å²) in [5, 5.41) is 15.2. The number of carboxylic acid groups (broad SMARTS) is 1. The molecular formula is C30H29ClF2N2O2. The fourth-order valence-electron chi connectivity index (χ4n) is 5.40. The fraction of sp³-hybridized carbons (Fsp3) is 0.233. The number of fused-ring (bicyclic) bond motifs is 1. The third kappa shape index (κ3) is 5.45. The lowest BCUT2D eigenvalue weighted by atomic mass is 9.88. The van der Waals surface area contributed by atoms with E-state index in [9.17, 15) is 13.6 Å². The molecule has 4 nitrogen and oxygen atoms in total. The molecule has 0 spiro atoms. The molecule has 0 bridgehead atoms. The largest absolute Gasteiger partial charge is 0.478 e. The summed E-state index contributed by atoms with van der Waals surface area (Å²) < 4.78 is 29.8. The summed E-state index contributed by atoms with van der Waals surface area (Å²) in [5.41, 5.74) is 1.77. The lowest BCUT2D eigenvalue weighted by Gasteiger charge is -2.23. The van der Waals surface area contributed by atoms with E-state index >= 15 is 0 Å². The molecular weight excluding hydrogens is 494 g/mol. The van der Waals surface area contributed by atoms with Gasteiger partial charge in [0.1, 0.15) is 17.3 Å². The van der Waals surface area contributed by atoms with Crippen LogP contribution in [-0.2, 0) is 0 Å². The van der Waals surface area contributed by atoms with Crippen LogP contribution in [0.5, 0.6) is 0 Å². The van der Waals surface area contributed by atoms with Gasteiger partial charge in [-0.05, 0) is 46.9 Å². The summed E-state index contributed by atoms with van der Waals surface area (Å²) in [4.78, 5) is 12.9. The Hall–Kier alpha value is -3.48. The van der Waals surface area contributed by atoms with Gasteiger partial charge in [0.2, 0.25) is 0 Å². The van der Waals surface area contributed by atoms with E-state index in [0.29, 0.717) is 19.6 Å². The molecule has 1 heterocycles. The molecule has 0 radical (unpaired) electrons. The van der Waals surface area contributed by atoms with Crippen molar-refractivity contribution in [2.24, 2.45) is 5.92 Å². The first-order valence-electron chi connectivity index (χ1n) is 12.2. The average Bonchev–Trinajstić information content (AvgIpc) is 3.30. The molecule has 0 aliphatic carbocycles. The third-order valence-corrected chi connectivity index (χ3v) is 7.22. The molecule has 1 fully saturated rings. The number of aromatic carboxylic acids is 1. The molecule has 192 valence electrons. The maximum absolute atomic E-state index is 14.9. The van der Waals surface area contributed by atoms with Gasteiger partial charge in [-0.2, -0.15) is 0 Å². The van der Waals surface area contributed by atoms with E-state index < -0.39 is 23.2 Å². The second-order valence-corrected chi connectivity index (χ2v) is 9.47. The smallest absolute Gasteiger partial charge is 0.335 e. The van der Waals surface area contributed by atoms with Crippen LogP contribution < -0.4 is 10.2 Å². The van der Waals surface area contributed by atoms with Gasteiger partial charge < -0.3 is 15.3 Å². The molecule has 0 amide bonds. The Kier molecular flexibility index (Phi) is 8.10. The van der Waals surface area contributed by atoms with Crippen molar-refractivity contribution >= 4 is 34.8 Å². The third-order valence-electron chi connectivity index (χ3n) is 7.22. The summed E-state index contributed by atoms with van der Waals surface area (Å²) in [7, 11) is 0. The van der Waals surface area contributed by atoms with E-state index in [-0.39, 0.29) is 36.0 Å². The van der Waals surface area contributed by atoms with Crippen LogP contribution in [-0.4, -0.2) is 30.7 Å². The van der Waals surface area contributed by atoms with Crippen LogP contribution in [0.1, 0.15) is 40.4 Å². The van der Waals surface area contributed by atoms with Crippen LogP contribution in [0.2, 0.25) is 0 Å². The van der Waals surface area contributed by atoms with Gasteiger partial charge in [0, 0.05) is 31.6 Å².